The molecule has 0 radical (unpaired) electrons. The largest absolute Gasteiger partial charge is 0.481 e. The van der Waals surface area contributed by atoms with E-state index in [1.165, 1.54) is 4.52 Å². The van der Waals surface area contributed by atoms with Crippen LogP contribution in [0.15, 0.2) is 18.5 Å². The third kappa shape index (κ3) is 2.83. The van der Waals surface area contributed by atoms with Gasteiger partial charge < -0.3 is 10.4 Å². The van der Waals surface area contributed by atoms with E-state index in [2.05, 4.69) is 20.4 Å². The van der Waals surface area contributed by atoms with Crippen LogP contribution in [0.1, 0.15) is 37.3 Å². The van der Waals surface area contributed by atoms with Crippen LogP contribution in [0.5, 0.6) is 0 Å². The second kappa shape index (κ2) is 5.86. The molecule has 0 atom stereocenters. The average Bonchev–Trinajstić information content (AvgIpc) is 2.92. The normalized spacial score (nSPS) is 11.5. The van der Waals surface area contributed by atoms with Crippen LogP contribution in [0.25, 0.3) is 5.78 Å². The molecule has 112 valence electrons. The van der Waals surface area contributed by atoms with Gasteiger partial charge in [0.05, 0.1) is 5.41 Å². The third-order valence-electron chi connectivity index (χ3n) is 3.71. The Labute approximate surface area is 121 Å². The van der Waals surface area contributed by atoms with E-state index in [1.54, 1.807) is 32.3 Å². The Balaban J connectivity index is 2.12. The van der Waals surface area contributed by atoms with Gasteiger partial charge in [0.15, 0.2) is 0 Å². The van der Waals surface area contributed by atoms with Crippen molar-refractivity contribution >= 4 is 17.7 Å². The minimum Gasteiger partial charge on any atom is -0.481 e. The fourth-order valence-corrected chi connectivity index (χ4v) is 2.04. The van der Waals surface area contributed by atoms with Gasteiger partial charge in [0.2, 0.25) is 5.82 Å². The van der Waals surface area contributed by atoms with E-state index in [-0.39, 0.29) is 12.4 Å². The summed E-state index contributed by atoms with van der Waals surface area (Å²) >= 11 is 0. The van der Waals surface area contributed by atoms with Crippen molar-refractivity contribution < 1.29 is 14.7 Å². The molecule has 0 aliphatic carbocycles. The predicted octanol–water partition coefficient (Wildman–Crippen LogP) is 0.745. The quantitative estimate of drug-likeness (QED) is 0.812. The van der Waals surface area contributed by atoms with E-state index in [9.17, 15) is 14.7 Å². The molecule has 0 saturated heterocycles. The summed E-state index contributed by atoms with van der Waals surface area (Å²) in [7, 11) is 0. The first-order valence-corrected chi connectivity index (χ1v) is 6.71. The number of rotatable bonds is 6. The first-order valence-electron chi connectivity index (χ1n) is 6.71. The zero-order valence-corrected chi connectivity index (χ0v) is 11.9. The molecular formula is C13H17N5O3. The summed E-state index contributed by atoms with van der Waals surface area (Å²) in [6, 6.07) is 1.67. The second-order valence-electron chi connectivity index (χ2n) is 4.77. The number of aromatic nitrogens is 4. The van der Waals surface area contributed by atoms with Crippen molar-refractivity contribution in [2.75, 3.05) is 6.54 Å². The van der Waals surface area contributed by atoms with E-state index < -0.39 is 17.3 Å². The van der Waals surface area contributed by atoms with E-state index in [4.69, 9.17) is 0 Å². The topological polar surface area (TPSA) is 109 Å². The van der Waals surface area contributed by atoms with Gasteiger partial charge in [0.1, 0.15) is 0 Å². The molecule has 0 fully saturated rings. The summed E-state index contributed by atoms with van der Waals surface area (Å²) in [6.45, 7) is 3.62. The molecule has 2 rings (SSSR count). The van der Waals surface area contributed by atoms with Crippen LogP contribution >= 0.6 is 0 Å². The summed E-state index contributed by atoms with van der Waals surface area (Å²) in [5.74, 6) is -1.14. The molecule has 0 saturated carbocycles. The van der Waals surface area contributed by atoms with Gasteiger partial charge >= 0.3 is 5.97 Å². The van der Waals surface area contributed by atoms with Crippen LogP contribution < -0.4 is 5.32 Å². The van der Waals surface area contributed by atoms with Crippen LogP contribution in [0.4, 0.5) is 0 Å². The summed E-state index contributed by atoms with van der Waals surface area (Å²) in [5.41, 5.74) is -0.965. The summed E-state index contributed by atoms with van der Waals surface area (Å²) in [4.78, 5) is 31.4. The maximum atomic E-state index is 12.0. The van der Waals surface area contributed by atoms with Crippen molar-refractivity contribution in [2.24, 2.45) is 5.41 Å². The zero-order valence-electron chi connectivity index (χ0n) is 11.9. The highest BCUT2D eigenvalue weighted by Gasteiger charge is 2.35. The van der Waals surface area contributed by atoms with Crippen LogP contribution in [0, 0.1) is 5.41 Å². The average molecular weight is 291 g/mol. The highest BCUT2D eigenvalue weighted by atomic mass is 16.4. The van der Waals surface area contributed by atoms with Gasteiger partial charge in [-0.1, -0.05) is 13.8 Å². The van der Waals surface area contributed by atoms with E-state index in [0.717, 1.165) is 0 Å². The van der Waals surface area contributed by atoms with E-state index >= 15 is 0 Å². The lowest BCUT2D eigenvalue weighted by Crippen LogP contribution is -2.42. The summed E-state index contributed by atoms with van der Waals surface area (Å²) < 4.78 is 1.39. The first-order chi connectivity index (χ1) is 10.0. The highest BCUT2D eigenvalue weighted by molar-refractivity contribution is 5.91. The van der Waals surface area contributed by atoms with Gasteiger partial charge in [-0.25, -0.2) is 9.50 Å². The third-order valence-corrected chi connectivity index (χ3v) is 3.71. The Kier molecular flexibility index (Phi) is 4.15. The Morgan fingerprint density at radius 2 is 2.10 bits per heavy atom. The van der Waals surface area contributed by atoms with Gasteiger partial charge in [-0.3, -0.25) is 9.59 Å². The number of carbonyl (C=O) groups is 2. The predicted molar refractivity (Wildman–Crippen MR) is 73.8 cm³/mol. The van der Waals surface area contributed by atoms with Crippen molar-refractivity contribution in [2.45, 2.75) is 26.7 Å². The molecule has 8 nitrogen and oxygen atoms in total. The van der Waals surface area contributed by atoms with Gasteiger partial charge in [0, 0.05) is 18.9 Å². The minimum absolute atomic E-state index is 0.0276. The van der Waals surface area contributed by atoms with Crippen LogP contribution in [-0.2, 0) is 4.79 Å². The number of carbonyl (C=O) groups excluding carboxylic acids is 1. The number of amides is 1. The molecule has 0 aliphatic heterocycles. The smallest absolute Gasteiger partial charge is 0.311 e. The molecule has 0 spiro atoms. The SMILES string of the molecule is CCC(CC)(CNC(=O)c1nc2ncccn2n1)C(=O)O. The number of nitrogens with zero attached hydrogens (tertiary/aromatic N) is 4. The lowest BCUT2D eigenvalue weighted by Gasteiger charge is -2.26. The molecular weight excluding hydrogens is 274 g/mol. The second-order valence-corrected chi connectivity index (χ2v) is 4.77. The van der Waals surface area contributed by atoms with Crippen molar-refractivity contribution in [3.8, 4) is 0 Å². The standard InChI is InChI=1S/C13H17N5O3/c1-3-13(4-2,11(20)21)8-15-10(19)9-16-12-14-6-5-7-18(12)17-9/h5-7H,3-4,8H2,1-2H3,(H,15,19)(H,20,21). The van der Waals surface area contributed by atoms with E-state index in [0.29, 0.717) is 18.6 Å². The zero-order chi connectivity index (χ0) is 15.5. The first kappa shape index (κ1) is 14.9. The van der Waals surface area contributed by atoms with Crippen molar-refractivity contribution in [3.05, 3.63) is 24.3 Å². The van der Waals surface area contributed by atoms with Crippen molar-refractivity contribution in [1.29, 1.82) is 0 Å². The molecule has 2 aromatic rings. The van der Waals surface area contributed by atoms with Crippen LogP contribution in [0.2, 0.25) is 0 Å². The summed E-state index contributed by atoms with van der Waals surface area (Å²) in [6.07, 6.45) is 4.04. The molecule has 8 heteroatoms. The fraction of sp³-hybridized carbons (Fsp3) is 0.462. The number of carboxylic acids is 1. The molecule has 0 aliphatic rings. The maximum Gasteiger partial charge on any atom is 0.311 e. The molecule has 0 aromatic carbocycles. The minimum atomic E-state index is -0.965. The number of aliphatic carboxylic acids is 1. The lowest BCUT2D eigenvalue weighted by atomic mass is 9.82. The molecule has 0 unspecified atom stereocenters. The molecule has 1 amide bonds. The number of carboxylic acid groups (broad SMARTS) is 1. The molecule has 2 N–H and O–H groups in total. The Morgan fingerprint density at radius 1 is 1.38 bits per heavy atom. The number of fused-ring (bicyclic) bond motifs is 1. The number of hydrogen-bond donors (Lipinski definition) is 2. The van der Waals surface area contributed by atoms with Gasteiger partial charge in [-0.05, 0) is 18.9 Å². The number of nitrogens with one attached hydrogen (secondary N) is 1. The molecule has 21 heavy (non-hydrogen) atoms. The molecule has 2 heterocycles. The van der Waals surface area contributed by atoms with Gasteiger partial charge in [0.25, 0.3) is 11.7 Å². The molecule has 0 bridgehead atoms. The van der Waals surface area contributed by atoms with Gasteiger partial charge in [-0.15, -0.1) is 5.10 Å². The van der Waals surface area contributed by atoms with Crippen LogP contribution in [-0.4, -0.2) is 43.1 Å². The van der Waals surface area contributed by atoms with Crippen LogP contribution in [0.3, 0.4) is 0 Å². The Hall–Kier alpha value is -2.51. The van der Waals surface area contributed by atoms with Crippen molar-refractivity contribution in [1.82, 2.24) is 24.9 Å². The fourth-order valence-electron chi connectivity index (χ4n) is 2.04. The molecule has 2 aromatic heterocycles. The monoisotopic (exact) mass is 291 g/mol. The maximum absolute atomic E-state index is 12.0. The van der Waals surface area contributed by atoms with E-state index in [1.807, 2.05) is 0 Å². The van der Waals surface area contributed by atoms with Gasteiger partial charge in [-0.2, -0.15) is 4.98 Å². The van der Waals surface area contributed by atoms with Crippen molar-refractivity contribution in [3.63, 3.8) is 0 Å². The summed E-state index contributed by atoms with van der Waals surface area (Å²) in [5, 5.41) is 15.9. The number of hydrogen-bond acceptors (Lipinski definition) is 5. The highest BCUT2D eigenvalue weighted by Crippen LogP contribution is 2.25. The Bertz CT molecular complexity index is 630. The lowest BCUT2D eigenvalue weighted by molar-refractivity contribution is -0.149. The Morgan fingerprint density at radius 3 is 2.67 bits per heavy atom.